The molecule has 1 fully saturated rings. The number of unbranched alkanes of at least 4 members (excludes halogenated alkanes) is 18. The number of aliphatic hydroxyl groups excluding tert-OH is 1. The van der Waals surface area contributed by atoms with Crippen molar-refractivity contribution in [3.05, 3.63) is 48.6 Å². The van der Waals surface area contributed by atoms with Crippen molar-refractivity contribution in [2.24, 2.45) is 11.7 Å². The van der Waals surface area contributed by atoms with Crippen LogP contribution >= 0.6 is 35.7 Å². The summed E-state index contributed by atoms with van der Waals surface area (Å²) in [4.78, 5) is 41.8. The van der Waals surface area contributed by atoms with Crippen LogP contribution in [0.3, 0.4) is 0 Å². The monoisotopic (exact) mass is 1020 g/mol. The molecular weight excluding hydrogens is 916 g/mol. The van der Waals surface area contributed by atoms with E-state index < -0.39 is 18.0 Å². The summed E-state index contributed by atoms with van der Waals surface area (Å²) >= 11 is 10.5. The molecule has 0 unspecified atom stereocenters. The SMILES string of the molecule is CCCCC/C=C\C/C=C\CCCCCCCCC(CN)CCCCCCCC/C=C\C/C=C\CCCCC.CN(C)CCCO.CN(C)CCCOC(=O)ON1C(=O)CCC1=O.ClCCl.[2H]SC. The molecule has 0 saturated carbocycles. The van der Waals surface area contributed by atoms with Crippen molar-refractivity contribution in [2.45, 2.75) is 206 Å². The van der Waals surface area contributed by atoms with E-state index in [9.17, 15) is 14.4 Å². The average molecular weight is 1020 g/mol. The van der Waals surface area contributed by atoms with Gasteiger partial charge in [0.2, 0.25) is 0 Å². The Morgan fingerprint density at radius 1 is 0.662 bits per heavy atom. The van der Waals surface area contributed by atoms with Crippen molar-refractivity contribution >= 4 is 53.7 Å². The lowest BCUT2D eigenvalue weighted by Gasteiger charge is -2.14. The van der Waals surface area contributed by atoms with Crippen LogP contribution in [0.25, 0.3) is 0 Å². The van der Waals surface area contributed by atoms with Gasteiger partial charge in [-0.1, -0.05) is 157 Å². The van der Waals surface area contributed by atoms with Gasteiger partial charge in [-0.25, -0.2) is 4.79 Å². The third-order valence-electron chi connectivity index (χ3n) is 10.9. The van der Waals surface area contributed by atoms with E-state index in [4.69, 9.17) is 39.9 Å². The lowest BCUT2D eigenvalue weighted by molar-refractivity contribution is -0.177. The number of hydrogen-bond donors (Lipinski definition) is 3. The Kier molecular flexibility index (Phi) is 65.4. The van der Waals surface area contributed by atoms with Gasteiger partial charge in [0.15, 0.2) is 0 Å². The number of allylic oxidation sites excluding steroid dienone is 8. The zero-order valence-electron chi connectivity index (χ0n) is 45.7. The number of carbonyl (C=O) groups is 3. The maximum Gasteiger partial charge on any atom is 0.533 e. The third kappa shape index (κ3) is 62.2. The topological polar surface area (TPSA) is 126 Å². The molecule has 0 spiro atoms. The Bertz CT molecular complexity index is 1130. The summed E-state index contributed by atoms with van der Waals surface area (Å²) in [6, 6.07) is 0. The van der Waals surface area contributed by atoms with Crippen LogP contribution in [-0.4, -0.2) is 112 Å². The fourth-order valence-electron chi connectivity index (χ4n) is 6.90. The molecule has 3 N–H and O–H groups in total. The van der Waals surface area contributed by atoms with Gasteiger partial charge < -0.3 is 25.4 Å². The Morgan fingerprint density at radius 2 is 1.01 bits per heavy atom. The van der Waals surface area contributed by atoms with Gasteiger partial charge >= 0.3 is 6.16 Å². The highest BCUT2D eigenvalue weighted by Crippen LogP contribution is 2.19. The number of nitrogens with zero attached hydrogens (tertiary/aromatic N) is 3. The summed E-state index contributed by atoms with van der Waals surface area (Å²) in [6.07, 6.45) is 55.9. The number of imide groups is 1. The second-order valence-electron chi connectivity index (χ2n) is 17.8. The molecule has 0 aliphatic carbocycles. The minimum Gasteiger partial charge on any atom is -0.433 e. The van der Waals surface area contributed by atoms with Gasteiger partial charge in [-0.05, 0) is 143 Å². The lowest BCUT2D eigenvalue weighted by Crippen LogP contribution is -2.32. The van der Waals surface area contributed by atoms with Gasteiger partial charge in [-0.2, -0.15) is 12.5 Å². The molecule has 0 aromatic rings. The zero-order valence-corrected chi connectivity index (χ0v) is 47.1. The summed E-state index contributed by atoms with van der Waals surface area (Å²) in [5, 5.41) is 8.95. The smallest absolute Gasteiger partial charge is 0.433 e. The number of carbonyl (C=O) groups excluding carboxylic acids is 3. The van der Waals surface area contributed by atoms with Crippen LogP contribution in [0.4, 0.5) is 4.79 Å². The highest BCUT2D eigenvalue weighted by Gasteiger charge is 2.33. The second-order valence-corrected chi connectivity index (χ2v) is 18.6. The van der Waals surface area contributed by atoms with E-state index in [2.05, 4.69) is 72.2 Å². The molecular formula is C55H106Cl2N4O6S. The number of rotatable bonds is 39. The molecule has 0 aromatic carbocycles. The van der Waals surface area contributed by atoms with Gasteiger partial charge in [0.1, 0.15) is 1.12 Å². The number of hydroxylamine groups is 2. The molecule has 1 rings (SSSR count). The molecule has 0 bridgehead atoms. The quantitative estimate of drug-likeness (QED) is 0.0138. The number of thiol groups is 1. The van der Waals surface area contributed by atoms with Gasteiger partial charge in [-0.15, -0.1) is 23.2 Å². The molecule has 0 radical (unpaired) electrons. The highest BCUT2D eigenvalue weighted by atomic mass is 35.5. The van der Waals surface area contributed by atoms with E-state index >= 15 is 0 Å². The molecule has 402 valence electrons. The van der Waals surface area contributed by atoms with Gasteiger partial charge in [0.05, 0.1) is 11.9 Å². The number of hydrogen-bond acceptors (Lipinski definition) is 10. The third-order valence-corrected chi connectivity index (χ3v) is 10.9. The minimum absolute atomic E-state index is 0.0761. The van der Waals surface area contributed by atoms with Gasteiger partial charge in [0.25, 0.3) is 11.8 Å². The fourth-order valence-corrected chi connectivity index (χ4v) is 6.90. The zero-order chi connectivity index (χ0) is 52.3. The number of amides is 2. The lowest BCUT2D eigenvalue weighted by atomic mass is 9.94. The molecule has 0 aromatic heterocycles. The van der Waals surface area contributed by atoms with Crippen molar-refractivity contribution < 1.29 is 29.1 Å². The highest BCUT2D eigenvalue weighted by molar-refractivity contribution is 7.79. The van der Waals surface area contributed by atoms with Crippen LogP contribution in [0, 0.1) is 5.92 Å². The molecule has 0 atom stereocenters. The Labute approximate surface area is 436 Å². The van der Waals surface area contributed by atoms with E-state index in [0.717, 1.165) is 57.3 Å². The number of aliphatic hydroxyl groups is 1. The Hall–Kier alpha value is -1.86. The fraction of sp³-hybridized carbons (Fsp3) is 0.800. The summed E-state index contributed by atoms with van der Waals surface area (Å²) in [6.45, 7) is 7.67. The number of ether oxygens (including phenoxy) is 1. The first kappa shape index (κ1) is 70.4. The molecule has 1 saturated heterocycles. The first-order valence-corrected chi connectivity index (χ1v) is 28.4. The van der Waals surface area contributed by atoms with Crippen molar-refractivity contribution in [1.82, 2.24) is 14.9 Å². The maximum absolute atomic E-state index is 11.1. The summed E-state index contributed by atoms with van der Waals surface area (Å²) in [5.74, 6) is -0.262. The van der Waals surface area contributed by atoms with Crippen molar-refractivity contribution in [3.8, 4) is 0 Å². The van der Waals surface area contributed by atoms with Gasteiger partial charge in [-0.3, -0.25) is 14.4 Å². The van der Waals surface area contributed by atoms with E-state index in [1.807, 2.05) is 33.1 Å². The predicted molar refractivity (Wildman–Crippen MR) is 299 cm³/mol. The molecule has 1 aliphatic rings. The number of alkyl halides is 2. The summed E-state index contributed by atoms with van der Waals surface area (Å²) in [7, 11) is 7.80. The normalized spacial score (nSPS) is 12.7. The van der Waals surface area contributed by atoms with Crippen molar-refractivity contribution in [1.29, 1.82) is 1.12 Å². The van der Waals surface area contributed by atoms with Crippen LogP contribution in [-0.2, 0) is 19.2 Å². The summed E-state index contributed by atoms with van der Waals surface area (Å²) in [5.41, 5.74) is 6.08. The predicted octanol–water partition coefficient (Wildman–Crippen LogP) is 15.0. The van der Waals surface area contributed by atoms with Crippen LogP contribution < -0.4 is 5.73 Å². The largest absolute Gasteiger partial charge is 0.533 e. The molecule has 13 heteroatoms. The van der Waals surface area contributed by atoms with Crippen LogP contribution in [0.1, 0.15) is 206 Å². The Morgan fingerprint density at radius 3 is 1.35 bits per heavy atom. The number of nitrogens with two attached hydrogens (primary N) is 1. The minimum atomic E-state index is -1.02. The molecule has 2 amide bonds. The van der Waals surface area contributed by atoms with Crippen molar-refractivity contribution in [2.75, 3.05) is 72.6 Å². The Balaban J connectivity index is -0.000000569. The summed E-state index contributed by atoms with van der Waals surface area (Å²) < 4.78 is 10.8. The average Bonchev–Trinajstić information content (AvgIpc) is 3.64. The standard InChI is InChI=1S/C38H71N.C10H16N2O5.C5H13NO.CH2Cl2.CH4S/c1-3-5-7-9-11-13-15-17-19-21-23-25-27-29-31-33-35-38(37-39)36-34-32-30-28-26-24-22-20-18-16-14-12-10-8-6-4-2;1-11(2)6-3-7-16-10(15)17-12-8(13)4-5-9(12)14;1-6(2)4-3-5-7;2-1-3;1-2/h11-14,17-20,38H,3-10,15-16,21-37,39H2,1-2H3;3-7H2,1-2H3;7H,3-5H2,1-2H3;1H2;2H,1H3/b13-11-,14-12-,19-17-,20-18-;;;;/i/hD. The molecule has 10 nitrogen and oxygen atoms in total. The van der Waals surface area contributed by atoms with E-state index in [0.29, 0.717) is 18.1 Å². The van der Waals surface area contributed by atoms with Crippen molar-refractivity contribution in [3.63, 3.8) is 0 Å². The van der Waals surface area contributed by atoms with E-state index in [1.165, 1.54) is 154 Å². The molecule has 1 heterocycles. The first-order valence-electron chi connectivity index (χ1n) is 26.9. The van der Waals surface area contributed by atoms with Gasteiger partial charge in [0, 0.05) is 26.0 Å². The van der Waals surface area contributed by atoms with Crippen LogP contribution in [0.15, 0.2) is 48.6 Å². The second kappa shape index (κ2) is 63.2. The van der Waals surface area contributed by atoms with E-state index in [-0.39, 0.29) is 24.8 Å². The van der Waals surface area contributed by atoms with E-state index in [1.54, 1.807) is 6.26 Å². The molecule has 1 aliphatic heterocycles. The maximum atomic E-state index is 11.1. The van der Waals surface area contributed by atoms with Crippen LogP contribution in [0.5, 0.6) is 0 Å². The van der Waals surface area contributed by atoms with Crippen LogP contribution in [0.2, 0.25) is 0 Å². The molecule has 68 heavy (non-hydrogen) atoms. The number of halogens is 2. The first-order chi connectivity index (χ1) is 33.4.